The van der Waals surface area contributed by atoms with Crippen molar-refractivity contribution in [2.45, 2.75) is 53.6 Å². The molecule has 0 unspecified atom stereocenters. The zero-order valence-electron chi connectivity index (χ0n) is 19.5. The van der Waals surface area contributed by atoms with Crippen LogP contribution in [0.3, 0.4) is 0 Å². The number of carbonyl (C=O) groups is 1. The van der Waals surface area contributed by atoms with E-state index in [1.807, 2.05) is 31.8 Å². The van der Waals surface area contributed by atoms with Crippen molar-refractivity contribution in [2.75, 3.05) is 24.3 Å². The summed E-state index contributed by atoms with van der Waals surface area (Å²) in [7, 11) is 4.04. The maximum atomic E-state index is 12.6. The van der Waals surface area contributed by atoms with E-state index >= 15 is 0 Å². The molecular weight excluding hydrogens is 388 g/mol. The van der Waals surface area contributed by atoms with Crippen LogP contribution in [0.25, 0.3) is 0 Å². The quantitative estimate of drug-likeness (QED) is 0.565. The first-order valence-corrected chi connectivity index (χ1v) is 10.9. The average molecular weight is 423 g/mol. The van der Waals surface area contributed by atoms with E-state index in [0.29, 0.717) is 31.1 Å². The molecule has 3 rings (SSSR count). The highest BCUT2D eigenvalue weighted by atomic mass is 16.1. The van der Waals surface area contributed by atoms with Gasteiger partial charge in [0.2, 0.25) is 5.91 Å². The Morgan fingerprint density at radius 2 is 1.81 bits per heavy atom. The summed E-state index contributed by atoms with van der Waals surface area (Å²) in [5.74, 6) is 1.24. The van der Waals surface area contributed by atoms with Crippen molar-refractivity contribution in [1.29, 1.82) is 0 Å². The van der Waals surface area contributed by atoms with Gasteiger partial charge in [0, 0.05) is 44.5 Å². The molecule has 0 aliphatic carbocycles. The van der Waals surface area contributed by atoms with Crippen LogP contribution in [0.2, 0.25) is 0 Å². The zero-order chi connectivity index (χ0) is 22.5. The Morgan fingerprint density at radius 3 is 2.45 bits per heavy atom. The minimum Gasteiger partial charge on any atom is -0.378 e. The molecule has 7 heteroatoms. The van der Waals surface area contributed by atoms with Crippen LogP contribution in [0.1, 0.15) is 42.8 Å². The molecule has 0 radical (unpaired) electrons. The van der Waals surface area contributed by atoms with E-state index in [-0.39, 0.29) is 5.91 Å². The molecule has 0 atom stereocenters. The summed E-state index contributed by atoms with van der Waals surface area (Å²) in [6, 6.07) is 10.2. The van der Waals surface area contributed by atoms with Crippen molar-refractivity contribution < 1.29 is 4.79 Å². The second kappa shape index (κ2) is 9.81. The fourth-order valence-electron chi connectivity index (χ4n) is 3.70. The highest BCUT2D eigenvalue weighted by molar-refractivity contribution is 5.90. The van der Waals surface area contributed by atoms with E-state index in [9.17, 15) is 4.79 Å². The minimum absolute atomic E-state index is 0.0138. The van der Waals surface area contributed by atoms with Gasteiger partial charge in [-0.2, -0.15) is 10.2 Å². The van der Waals surface area contributed by atoms with Gasteiger partial charge in [-0.1, -0.05) is 26.0 Å². The lowest BCUT2D eigenvalue weighted by Gasteiger charge is -2.13. The van der Waals surface area contributed by atoms with E-state index < -0.39 is 0 Å². The van der Waals surface area contributed by atoms with E-state index in [2.05, 4.69) is 70.1 Å². The van der Waals surface area contributed by atoms with Gasteiger partial charge in [-0.15, -0.1) is 0 Å². The number of hydrogen-bond donors (Lipinski definition) is 1. The van der Waals surface area contributed by atoms with Crippen LogP contribution >= 0.6 is 0 Å². The fraction of sp³-hybridized carbons (Fsp3) is 0.458. The number of carbonyl (C=O) groups excluding carboxylic acids is 1. The molecule has 3 aromatic rings. The topological polar surface area (TPSA) is 68.0 Å². The SMILES string of the molecule is Cc1nn(CC(C)C)c(C)c1CCC(=O)Nc1ccnn1Cc1ccc(N(C)C)cc1. The Labute approximate surface area is 185 Å². The monoisotopic (exact) mass is 422 g/mol. The third kappa shape index (κ3) is 5.75. The second-order valence-electron chi connectivity index (χ2n) is 8.71. The summed E-state index contributed by atoms with van der Waals surface area (Å²) >= 11 is 0. The van der Waals surface area contributed by atoms with Crippen molar-refractivity contribution in [3.05, 3.63) is 59.0 Å². The molecule has 0 fully saturated rings. The van der Waals surface area contributed by atoms with Crippen molar-refractivity contribution in [3.63, 3.8) is 0 Å². The number of aromatic nitrogens is 4. The van der Waals surface area contributed by atoms with Gasteiger partial charge in [-0.25, -0.2) is 4.68 Å². The van der Waals surface area contributed by atoms with Crippen LogP contribution in [-0.2, 0) is 24.3 Å². The molecule has 7 nitrogen and oxygen atoms in total. The number of amides is 1. The summed E-state index contributed by atoms with van der Waals surface area (Å²) in [6.45, 7) is 9.98. The Bertz CT molecular complexity index is 1010. The van der Waals surface area contributed by atoms with Crippen LogP contribution in [0.4, 0.5) is 11.5 Å². The number of nitrogens with zero attached hydrogens (tertiary/aromatic N) is 5. The largest absolute Gasteiger partial charge is 0.378 e. The Hall–Kier alpha value is -3.09. The number of nitrogens with one attached hydrogen (secondary N) is 1. The summed E-state index contributed by atoms with van der Waals surface area (Å²) in [4.78, 5) is 14.7. The molecule has 0 saturated heterocycles. The van der Waals surface area contributed by atoms with Gasteiger partial charge in [0.25, 0.3) is 0 Å². The lowest BCUT2D eigenvalue weighted by atomic mass is 10.1. The summed E-state index contributed by atoms with van der Waals surface area (Å²) in [5.41, 5.74) is 5.63. The number of anilines is 2. The molecule has 1 amide bonds. The van der Waals surface area contributed by atoms with E-state index in [1.54, 1.807) is 6.20 Å². The van der Waals surface area contributed by atoms with Crippen LogP contribution < -0.4 is 10.2 Å². The van der Waals surface area contributed by atoms with Gasteiger partial charge < -0.3 is 10.2 Å². The van der Waals surface area contributed by atoms with Gasteiger partial charge in [-0.05, 0) is 49.4 Å². The van der Waals surface area contributed by atoms with Crippen molar-refractivity contribution in [2.24, 2.45) is 5.92 Å². The fourth-order valence-corrected chi connectivity index (χ4v) is 3.70. The van der Waals surface area contributed by atoms with Gasteiger partial charge in [0.1, 0.15) is 5.82 Å². The lowest BCUT2D eigenvalue weighted by Crippen LogP contribution is -2.17. The van der Waals surface area contributed by atoms with Crippen LogP contribution in [-0.4, -0.2) is 39.6 Å². The highest BCUT2D eigenvalue weighted by Gasteiger charge is 2.15. The predicted octanol–water partition coefficient (Wildman–Crippen LogP) is 4.04. The first-order valence-electron chi connectivity index (χ1n) is 10.9. The first-order chi connectivity index (χ1) is 14.7. The average Bonchev–Trinajstić information content (AvgIpc) is 3.24. The Balaban J connectivity index is 1.60. The summed E-state index contributed by atoms with van der Waals surface area (Å²) in [6.07, 6.45) is 2.81. The third-order valence-electron chi connectivity index (χ3n) is 5.44. The van der Waals surface area contributed by atoms with Gasteiger partial charge in [0.05, 0.1) is 18.4 Å². The minimum atomic E-state index is -0.0138. The molecule has 1 N–H and O–H groups in total. The first kappa shape index (κ1) is 22.6. The number of hydrogen-bond acceptors (Lipinski definition) is 4. The second-order valence-corrected chi connectivity index (χ2v) is 8.71. The molecule has 31 heavy (non-hydrogen) atoms. The van der Waals surface area contributed by atoms with Gasteiger partial charge >= 0.3 is 0 Å². The highest BCUT2D eigenvalue weighted by Crippen LogP contribution is 2.18. The maximum Gasteiger partial charge on any atom is 0.225 e. The standard InChI is InChI=1S/C24H34N6O/c1-17(2)15-29-19(4)22(18(3)27-29)11-12-24(31)26-23-13-14-25-30(23)16-20-7-9-21(10-8-20)28(5)6/h7-10,13-14,17H,11-12,15-16H2,1-6H3,(H,26,31). The van der Waals surface area contributed by atoms with Gasteiger partial charge in [0.15, 0.2) is 0 Å². The molecule has 0 saturated carbocycles. The molecule has 2 aromatic heterocycles. The summed E-state index contributed by atoms with van der Waals surface area (Å²) < 4.78 is 3.88. The number of rotatable bonds is 9. The third-order valence-corrected chi connectivity index (χ3v) is 5.44. The van der Waals surface area contributed by atoms with Gasteiger partial charge in [-0.3, -0.25) is 9.48 Å². The van der Waals surface area contributed by atoms with Crippen LogP contribution in [0.5, 0.6) is 0 Å². The molecule has 0 bridgehead atoms. The molecule has 0 spiro atoms. The normalized spacial score (nSPS) is 11.2. The van der Waals surface area contributed by atoms with E-state index in [0.717, 1.165) is 29.2 Å². The molecule has 0 aliphatic rings. The zero-order valence-corrected chi connectivity index (χ0v) is 19.5. The molecule has 2 heterocycles. The van der Waals surface area contributed by atoms with E-state index in [4.69, 9.17) is 0 Å². The molecular formula is C24H34N6O. The molecule has 0 aliphatic heterocycles. The lowest BCUT2D eigenvalue weighted by molar-refractivity contribution is -0.116. The van der Waals surface area contributed by atoms with Crippen molar-refractivity contribution in [1.82, 2.24) is 19.6 Å². The maximum absolute atomic E-state index is 12.6. The Morgan fingerprint density at radius 1 is 1.10 bits per heavy atom. The van der Waals surface area contributed by atoms with Crippen molar-refractivity contribution >= 4 is 17.4 Å². The predicted molar refractivity (Wildman–Crippen MR) is 126 cm³/mol. The Kier molecular flexibility index (Phi) is 7.15. The van der Waals surface area contributed by atoms with Crippen molar-refractivity contribution in [3.8, 4) is 0 Å². The van der Waals surface area contributed by atoms with Crippen LogP contribution in [0.15, 0.2) is 36.5 Å². The number of benzene rings is 1. The number of aryl methyl sites for hydroxylation is 1. The van der Waals surface area contributed by atoms with E-state index in [1.165, 1.54) is 5.56 Å². The molecule has 166 valence electrons. The summed E-state index contributed by atoms with van der Waals surface area (Å²) in [5, 5.41) is 12.0. The van der Waals surface area contributed by atoms with Crippen LogP contribution in [0, 0.1) is 19.8 Å². The smallest absolute Gasteiger partial charge is 0.225 e. The molecule has 1 aromatic carbocycles.